The topological polar surface area (TPSA) is 23.6 Å². The SMILES string of the molecule is O=C(Cc1ccc(Cl)cc1)N1C[C@H]2CN(Cc3ccccc3Cl)[C@@H]2C1. The van der Waals surface area contributed by atoms with Gasteiger partial charge in [0, 0.05) is 48.2 Å². The normalized spacial score (nSPS) is 22.6. The molecule has 0 radical (unpaired) electrons. The Morgan fingerprint density at radius 2 is 1.76 bits per heavy atom. The van der Waals surface area contributed by atoms with Crippen LogP contribution in [0.4, 0.5) is 0 Å². The lowest BCUT2D eigenvalue weighted by atomic mass is 9.91. The third-order valence-corrected chi connectivity index (χ3v) is 5.92. The van der Waals surface area contributed by atoms with Crippen molar-refractivity contribution in [2.24, 2.45) is 5.92 Å². The van der Waals surface area contributed by atoms with Crippen molar-refractivity contribution in [3.63, 3.8) is 0 Å². The highest BCUT2D eigenvalue weighted by Gasteiger charge is 2.46. The molecule has 130 valence electrons. The number of fused-ring (bicyclic) bond motifs is 1. The molecule has 2 aliphatic heterocycles. The van der Waals surface area contributed by atoms with Crippen LogP contribution in [-0.4, -0.2) is 41.4 Å². The van der Waals surface area contributed by atoms with Crippen molar-refractivity contribution >= 4 is 29.1 Å². The molecule has 0 N–H and O–H groups in total. The van der Waals surface area contributed by atoms with Crippen LogP contribution in [0.5, 0.6) is 0 Å². The summed E-state index contributed by atoms with van der Waals surface area (Å²) in [6.45, 7) is 3.60. The number of likely N-dealkylation sites (tertiary alicyclic amines) is 2. The number of carbonyl (C=O) groups is 1. The second-order valence-corrected chi connectivity index (χ2v) is 7.79. The van der Waals surface area contributed by atoms with Crippen LogP contribution in [-0.2, 0) is 17.8 Å². The van der Waals surface area contributed by atoms with E-state index < -0.39 is 0 Å². The standard InChI is InChI=1S/C20H20Cl2N2O/c21-17-7-5-14(6-8-17)9-20(25)24-12-16-11-23(19(16)13-24)10-15-3-1-2-4-18(15)22/h1-8,16,19H,9-13H2/t16-,19-/m1/s1. The Kier molecular flexibility index (Phi) is 4.72. The van der Waals surface area contributed by atoms with Crippen LogP contribution in [0.3, 0.4) is 0 Å². The first-order valence-electron chi connectivity index (χ1n) is 8.60. The van der Waals surface area contributed by atoms with E-state index in [-0.39, 0.29) is 5.91 Å². The summed E-state index contributed by atoms with van der Waals surface area (Å²) in [6.07, 6.45) is 0.446. The first-order chi connectivity index (χ1) is 12.1. The van der Waals surface area contributed by atoms with Crippen molar-refractivity contribution in [1.82, 2.24) is 9.80 Å². The number of rotatable bonds is 4. The fourth-order valence-corrected chi connectivity index (χ4v) is 4.19. The molecule has 0 saturated carbocycles. The second-order valence-electron chi connectivity index (χ2n) is 6.95. The van der Waals surface area contributed by atoms with Crippen molar-refractivity contribution in [3.8, 4) is 0 Å². The number of amides is 1. The molecule has 0 spiro atoms. The average molecular weight is 375 g/mol. The molecule has 2 saturated heterocycles. The lowest BCUT2D eigenvalue weighted by Crippen LogP contribution is -2.54. The first-order valence-corrected chi connectivity index (χ1v) is 9.35. The third-order valence-electron chi connectivity index (χ3n) is 5.30. The van der Waals surface area contributed by atoms with Gasteiger partial charge in [-0.2, -0.15) is 0 Å². The summed E-state index contributed by atoms with van der Waals surface area (Å²) >= 11 is 12.2. The van der Waals surface area contributed by atoms with E-state index in [4.69, 9.17) is 23.2 Å². The molecule has 2 aliphatic rings. The summed E-state index contributed by atoms with van der Waals surface area (Å²) in [5, 5.41) is 1.52. The molecule has 1 amide bonds. The predicted molar refractivity (Wildman–Crippen MR) is 101 cm³/mol. The maximum Gasteiger partial charge on any atom is 0.227 e. The summed E-state index contributed by atoms with van der Waals surface area (Å²) in [6, 6.07) is 16.0. The van der Waals surface area contributed by atoms with E-state index in [9.17, 15) is 4.79 Å². The Balaban J connectivity index is 1.34. The van der Waals surface area contributed by atoms with Crippen LogP contribution in [0.25, 0.3) is 0 Å². The summed E-state index contributed by atoms with van der Waals surface area (Å²) in [5.41, 5.74) is 2.18. The molecule has 5 heteroatoms. The maximum atomic E-state index is 12.6. The zero-order chi connectivity index (χ0) is 17.4. The fourth-order valence-electron chi connectivity index (χ4n) is 3.87. The zero-order valence-corrected chi connectivity index (χ0v) is 15.4. The van der Waals surface area contributed by atoms with Gasteiger partial charge in [0.05, 0.1) is 6.42 Å². The van der Waals surface area contributed by atoms with Gasteiger partial charge in [0.25, 0.3) is 0 Å². The summed E-state index contributed by atoms with van der Waals surface area (Å²) in [5.74, 6) is 0.797. The highest BCUT2D eigenvalue weighted by Crippen LogP contribution is 2.34. The van der Waals surface area contributed by atoms with E-state index in [1.807, 2.05) is 47.4 Å². The molecular weight excluding hydrogens is 355 g/mol. The Morgan fingerprint density at radius 3 is 2.52 bits per heavy atom. The van der Waals surface area contributed by atoms with Gasteiger partial charge < -0.3 is 4.90 Å². The van der Waals surface area contributed by atoms with Crippen LogP contribution in [0.15, 0.2) is 48.5 Å². The minimum atomic E-state index is 0.203. The average Bonchev–Trinajstić information content (AvgIpc) is 2.93. The number of halogens is 2. The monoisotopic (exact) mass is 374 g/mol. The lowest BCUT2D eigenvalue weighted by Gasteiger charge is -2.43. The quantitative estimate of drug-likeness (QED) is 0.810. The van der Waals surface area contributed by atoms with E-state index in [0.717, 1.165) is 42.3 Å². The number of carbonyl (C=O) groups excluding carboxylic acids is 1. The van der Waals surface area contributed by atoms with Gasteiger partial charge in [-0.25, -0.2) is 0 Å². The molecule has 2 fully saturated rings. The van der Waals surface area contributed by atoms with E-state index >= 15 is 0 Å². The molecule has 0 aliphatic carbocycles. The summed E-state index contributed by atoms with van der Waals surface area (Å²) < 4.78 is 0. The van der Waals surface area contributed by atoms with Gasteiger partial charge in [-0.1, -0.05) is 53.5 Å². The van der Waals surface area contributed by atoms with Crippen molar-refractivity contribution in [3.05, 3.63) is 69.7 Å². The Morgan fingerprint density at radius 1 is 1.00 bits per heavy atom. The predicted octanol–water partition coefficient (Wildman–Crippen LogP) is 3.88. The summed E-state index contributed by atoms with van der Waals surface area (Å²) in [4.78, 5) is 17.0. The zero-order valence-electron chi connectivity index (χ0n) is 13.9. The fraction of sp³-hybridized carbons (Fsp3) is 0.350. The molecule has 2 aromatic rings. The molecule has 2 atom stereocenters. The Hall–Kier alpha value is -1.55. The lowest BCUT2D eigenvalue weighted by molar-refractivity contribution is -0.129. The van der Waals surface area contributed by atoms with Crippen molar-refractivity contribution in [1.29, 1.82) is 0 Å². The third kappa shape index (κ3) is 3.55. The number of hydrogen-bond acceptors (Lipinski definition) is 2. The molecule has 2 heterocycles. The van der Waals surface area contributed by atoms with E-state index in [0.29, 0.717) is 23.4 Å². The van der Waals surface area contributed by atoms with Gasteiger partial charge in [0.2, 0.25) is 5.91 Å². The minimum Gasteiger partial charge on any atom is -0.340 e. The molecular formula is C20H20Cl2N2O. The van der Waals surface area contributed by atoms with Gasteiger partial charge in [-0.3, -0.25) is 9.69 Å². The molecule has 25 heavy (non-hydrogen) atoms. The molecule has 2 aromatic carbocycles. The number of nitrogens with zero attached hydrogens (tertiary/aromatic N) is 2. The van der Waals surface area contributed by atoms with Crippen molar-refractivity contribution in [2.45, 2.75) is 19.0 Å². The number of benzene rings is 2. The van der Waals surface area contributed by atoms with E-state index in [1.165, 1.54) is 0 Å². The minimum absolute atomic E-state index is 0.203. The van der Waals surface area contributed by atoms with Gasteiger partial charge >= 0.3 is 0 Å². The van der Waals surface area contributed by atoms with Gasteiger partial charge in [-0.05, 0) is 29.3 Å². The maximum absolute atomic E-state index is 12.6. The number of hydrogen-bond donors (Lipinski definition) is 0. The van der Waals surface area contributed by atoms with Gasteiger partial charge in [0.15, 0.2) is 0 Å². The van der Waals surface area contributed by atoms with E-state index in [1.54, 1.807) is 0 Å². The Labute approximate surface area is 158 Å². The van der Waals surface area contributed by atoms with Gasteiger partial charge in [-0.15, -0.1) is 0 Å². The molecule has 0 bridgehead atoms. The Bertz CT molecular complexity index is 778. The van der Waals surface area contributed by atoms with Crippen LogP contribution >= 0.6 is 23.2 Å². The van der Waals surface area contributed by atoms with Crippen LogP contribution in [0, 0.1) is 5.92 Å². The highest BCUT2D eigenvalue weighted by molar-refractivity contribution is 6.31. The van der Waals surface area contributed by atoms with E-state index in [2.05, 4.69) is 11.0 Å². The molecule has 3 nitrogen and oxygen atoms in total. The van der Waals surface area contributed by atoms with Crippen LogP contribution < -0.4 is 0 Å². The molecule has 0 unspecified atom stereocenters. The largest absolute Gasteiger partial charge is 0.340 e. The summed E-state index contributed by atoms with van der Waals surface area (Å²) in [7, 11) is 0. The second kappa shape index (κ2) is 6.99. The highest BCUT2D eigenvalue weighted by atomic mass is 35.5. The van der Waals surface area contributed by atoms with Crippen molar-refractivity contribution < 1.29 is 4.79 Å². The molecule has 0 aromatic heterocycles. The first kappa shape index (κ1) is 16.9. The smallest absolute Gasteiger partial charge is 0.227 e. The van der Waals surface area contributed by atoms with Crippen LogP contribution in [0.2, 0.25) is 10.0 Å². The van der Waals surface area contributed by atoms with Gasteiger partial charge in [0.1, 0.15) is 0 Å². The molecule has 4 rings (SSSR count). The van der Waals surface area contributed by atoms with Crippen molar-refractivity contribution in [2.75, 3.05) is 19.6 Å². The van der Waals surface area contributed by atoms with Crippen LogP contribution in [0.1, 0.15) is 11.1 Å².